The zero-order chi connectivity index (χ0) is 20.2. The van der Waals surface area contributed by atoms with Crippen molar-refractivity contribution in [1.29, 1.82) is 0 Å². The molecule has 0 bridgehead atoms. The molecule has 1 amide bonds. The molecule has 11 heteroatoms. The minimum atomic E-state index is -0.559. The highest BCUT2D eigenvalue weighted by atomic mass is 19.1. The molecule has 144 valence electrons. The van der Waals surface area contributed by atoms with Gasteiger partial charge in [-0.1, -0.05) is 0 Å². The summed E-state index contributed by atoms with van der Waals surface area (Å²) in [4.78, 5) is 40.7. The number of fused-ring (bicyclic) bond motifs is 2. The van der Waals surface area contributed by atoms with E-state index in [9.17, 15) is 18.8 Å². The zero-order valence-electron chi connectivity index (χ0n) is 15.2. The monoisotopic (exact) mass is 386 g/mol. The number of halogens is 1. The molecule has 0 aliphatic rings. The van der Waals surface area contributed by atoms with Gasteiger partial charge in [-0.3, -0.25) is 24.0 Å². The van der Waals surface area contributed by atoms with Crippen molar-refractivity contribution in [2.24, 2.45) is 14.1 Å². The first-order valence-electron chi connectivity index (χ1n) is 8.24. The van der Waals surface area contributed by atoms with Gasteiger partial charge in [0.15, 0.2) is 11.1 Å². The van der Waals surface area contributed by atoms with Crippen molar-refractivity contribution < 1.29 is 13.6 Å². The molecule has 0 unspecified atom stereocenters. The topological polar surface area (TPSA) is 117 Å². The van der Waals surface area contributed by atoms with Gasteiger partial charge in [-0.2, -0.15) is 10.1 Å². The van der Waals surface area contributed by atoms with Crippen LogP contribution in [0.5, 0.6) is 0 Å². The first-order valence-corrected chi connectivity index (χ1v) is 8.24. The summed E-state index contributed by atoms with van der Waals surface area (Å²) in [5.41, 5.74) is 0.385. The van der Waals surface area contributed by atoms with Crippen LogP contribution in [0.25, 0.3) is 22.1 Å². The molecule has 1 N–H and O–H groups in total. The minimum Gasteiger partial charge on any atom is -0.423 e. The Kier molecular flexibility index (Phi) is 3.87. The molecule has 0 saturated carbocycles. The molecule has 10 nitrogen and oxygen atoms in total. The van der Waals surface area contributed by atoms with Crippen LogP contribution in [0.3, 0.4) is 0 Å². The van der Waals surface area contributed by atoms with E-state index in [1.54, 1.807) is 6.92 Å². The Hall–Kier alpha value is -3.76. The number of rotatable bonds is 3. The second-order valence-electron chi connectivity index (χ2n) is 6.38. The van der Waals surface area contributed by atoms with Crippen LogP contribution in [0.2, 0.25) is 0 Å². The first-order chi connectivity index (χ1) is 13.3. The van der Waals surface area contributed by atoms with E-state index in [-0.39, 0.29) is 23.6 Å². The summed E-state index contributed by atoms with van der Waals surface area (Å²) in [6.07, 6.45) is 1.34. The molecule has 0 atom stereocenters. The molecule has 0 radical (unpaired) electrons. The quantitative estimate of drug-likeness (QED) is 0.553. The summed E-state index contributed by atoms with van der Waals surface area (Å²) in [6.45, 7) is 1.29. The number of amides is 1. The van der Waals surface area contributed by atoms with Crippen molar-refractivity contribution in [1.82, 2.24) is 23.9 Å². The van der Waals surface area contributed by atoms with E-state index in [0.717, 1.165) is 4.57 Å². The number of aromatic nitrogens is 5. The van der Waals surface area contributed by atoms with Gasteiger partial charge in [-0.25, -0.2) is 13.9 Å². The molecule has 4 aromatic rings. The Morgan fingerprint density at radius 1 is 1.25 bits per heavy atom. The molecule has 0 spiro atoms. The summed E-state index contributed by atoms with van der Waals surface area (Å²) < 4.78 is 22.4. The third kappa shape index (κ3) is 2.68. The number of nitrogens with zero attached hydrogens (tertiary/aromatic N) is 5. The third-order valence-corrected chi connectivity index (χ3v) is 4.47. The van der Waals surface area contributed by atoms with Gasteiger partial charge in [0, 0.05) is 20.2 Å². The van der Waals surface area contributed by atoms with E-state index in [0.29, 0.717) is 16.7 Å². The highest BCUT2D eigenvalue weighted by molar-refractivity contribution is 5.90. The maximum atomic E-state index is 13.6. The molecule has 4 rings (SSSR count). The van der Waals surface area contributed by atoms with E-state index in [1.807, 2.05) is 0 Å². The Morgan fingerprint density at radius 3 is 2.75 bits per heavy atom. The van der Waals surface area contributed by atoms with E-state index in [2.05, 4.69) is 15.4 Å². The van der Waals surface area contributed by atoms with Crippen LogP contribution in [0.15, 0.2) is 32.3 Å². The van der Waals surface area contributed by atoms with Gasteiger partial charge in [0.05, 0.1) is 11.7 Å². The SMILES string of the molecule is Cc1cc2oc(NC(=O)Cn3ncc4c3c(=O)n(C)c(=O)n4C)nc2cc1F. The standard InChI is InChI=1S/C17H15FN6O4/c1-8-4-12-10(5-9(8)18)20-16(28-12)21-13(25)7-24-14-11(6-19-24)22(2)17(27)23(3)15(14)26/h4-6H,7H2,1-3H3,(H,20,21,25). The summed E-state index contributed by atoms with van der Waals surface area (Å²) in [7, 11) is 2.86. The Balaban J connectivity index is 1.64. The highest BCUT2D eigenvalue weighted by Crippen LogP contribution is 2.22. The fourth-order valence-electron chi connectivity index (χ4n) is 2.93. The van der Waals surface area contributed by atoms with Crippen molar-refractivity contribution in [3.8, 4) is 0 Å². The average molecular weight is 386 g/mol. The van der Waals surface area contributed by atoms with Crippen molar-refractivity contribution in [3.05, 3.63) is 50.5 Å². The molecular formula is C17H15FN6O4. The van der Waals surface area contributed by atoms with E-state index in [1.165, 1.54) is 41.7 Å². The molecular weight excluding hydrogens is 371 g/mol. The van der Waals surface area contributed by atoms with Crippen molar-refractivity contribution in [3.63, 3.8) is 0 Å². The molecule has 1 aromatic carbocycles. The number of aryl methyl sites for hydroxylation is 2. The normalized spacial score (nSPS) is 11.4. The smallest absolute Gasteiger partial charge is 0.331 e. The second-order valence-corrected chi connectivity index (χ2v) is 6.38. The highest BCUT2D eigenvalue weighted by Gasteiger charge is 2.17. The van der Waals surface area contributed by atoms with Crippen LogP contribution >= 0.6 is 0 Å². The first kappa shape index (κ1) is 17.6. The van der Waals surface area contributed by atoms with Crippen LogP contribution in [0.4, 0.5) is 10.4 Å². The summed E-state index contributed by atoms with van der Waals surface area (Å²) in [6, 6.07) is 2.61. The predicted octanol–water partition coefficient (Wildman–Crippen LogP) is 0.661. The summed E-state index contributed by atoms with van der Waals surface area (Å²) in [5, 5.41) is 6.48. The largest absolute Gasteiger partial charge is 0.423 e. The molecule has 28 heavy (non-hydrogen) atoms. The van der Waals surface area contributed by atoms with Crippen LogP contribution < -0.4 is 16.6 Å². The third-order valence-electron chi connectivity index (χ3n) is 4.47. The Labute approximate surface area is 155 Å². The maximum Gasteiger partial charge on any atom is 0.331 e. The van der Waals surface area contributed by atoms with Gasteiger partial charge < -0.3 is 4.42 Å². The van der Waals surface area contributed by atoms with Gasteiger partial charge >= 0.3 is 11.7 Å². The van der Waals surface area contributed by atoms with Gasteiger partial charge in [0.2, 0.25) is 5.91 Å². The Morgan fingerprint density at radius 2 is 2.00 bits per heavy atom. The van der Waals surface area contributed by atoms with Crippen LogP contribution in [0, 0.1) is 12.7 Å². The number of hydrogen-bond acceptors (Lipinski definition) is 6. The lowest BCUT2D eigenvalue weighted by Crippen LogP contribution is -2.37. The number of carbonyl (C=O) groups excluding carboxylic acids is 1. The Bertz CT molecular complexity index is 1340. The number of hydrogen-bond donors (Lipinski definition) is 1. The number of oxazole rings is 1. The number of carbonyl (C=O) groups is 1. The number of benzene rings is 1. The van der Waals surface area contributed by atoms with Gasteiger partial charge in [-0.15, -0.1) is 0 Å². The fourth-order valence-corrected chi connectivity index (χ4v) is 2.93. The minimum absolute atomic E-state index is 0.0956. The predicted molar refractivity (Wildman–Crippen MR) is 97.5 cm³/mol. The lowest BCUT2D eigenvalue weighted by atomic mass is 10.2. The zero-order valence-corrected chi connectivity index (χ0v) is 15.2. The fraction of sp³-hybridized carbons (Fsp3) is 0.235. The van der Waals surface area contributed by atoms with Crippen LogP contribution in [-0.4, -0.2) is 29.8 Å². The second kappa shape index (κ2) is 6.15. The molecule has 0 aliphatic carbocycles. The van der Waals surface area contributed by atoms with Crippen LogP contribution in [0.1, 0.15) is 5.56 Å². The van der Waals surface area contributed by atoms with Gasteiger partial charge in [0.25, 0.3) is 5.56 Å². The molecule has 0 aliphatic heterocycles. The van der Waals surface area contributed by atoms with E-state index >= 15 is 0 Å². The average Bonchev–Trinajstić information content (AvgIpc) is 3.22. The molecule has 0 fully saturated rings. The van der Waals surface area contributed by atoms with E-state index in [4.69, 9.17) is 4.42 Å². The lowest BCUT2D eigenvalue weighted by molar-refractivity contribution is -0.117. The van der Waals surface area contributed by atoms with E-state index < -0.39 is 23.0 Å². The summed E-state index contributed by atoms with van der Waals surface area (Å²) in [5.74, 6) is -0.979. The molecule has 0 saturated heterocycles. The van der Waals surface area contributed by atoms with Crippen molar-refractivity contribution >= 4 is 34.1 Å². The van der Waals surface area contributed by atoms with Crippen LogP contribution in [-0.2, 0) is 25.4 Å². The maximum absolute atomic E-state index is 13.6. The number of anilines is 1. The molecule has 3 heterocycles. The lowest BCUT2D eigenvalue weighted by Gasteiger charge is -2.06. The number of nitrogens with one attached hydrogen (secondary N) is 1. The van der Waals surface area contributed by atoms with Crippen molar-refractivity contribution in [2.75, 3.05) is 5.32 Å². The van der Waals surface area contributed by atoms with Gasteiger partial charge in [0.1, 0.15) is 17.9 Å². The summed E-state index contributed by atoms with van der Waals surface area (Å²) >= 11 is 0. The van der Waals surface area contributed by atoms with Crippen molar-refractivity contribution in [2.45, 2.75) is 13.5 Å². The van der Waals surface area contributed by atoms with Gasteiger partial charge in [-0.05, 0) is 18.6 Å². The molecule has 3 aromatic heterocycles.